The second-order valence-electron chi connectivity index (χ2n) is 4.87. The Hall–Kier alpha value is -2.46. The number of amides is 1. The average molecular weight is 294 g/mol. The van der Waals surface area contributed by atoms with Crippen LogP contribution in [0.15, 0.2) is 54.0 Å². The molecule has 0 atom stereocenters. The molecule has 0 unspecified atom stereocenters. The highest BCUT2D eigenvalue weighted by Gasteiger charge is 2.10. The molecule has 0 aliphatic rings. The van der Waals surface area contributed by atoms with Gasteiger partial charge in [-0.25, -0.2) is 4.98 Å². The van der Waals surface area contributed by atoms with Crippen LogP contribution in [0.3, 0.4) is 0 Å². The lowest BCUT2D eigenvalue weighted by Crippen LogP contribution is -2.11. The fraction of sp³-hybridized carbons (Fsp3) is 0.0588. The maximum atomic E-state index is 11.6. The lowest BCUT2D eigenvalue weighted by atomic mass is 9.99. The predicted molar refractivity (Wildman–Crippen MR) is 86.2 cm³/mol. The Balaban J connectivity index is 2.16. The van der Waals surface area contributed by atoms with Crippen molar-refractivity contribution in [2.45, 2.75) is 6.92 Å². The number of primary amides is 1. The summed E-state index contributed by atoms with van der Waals surface area (Å²) < 4.78 is 0. The van der Waals surface area contributed by atoms with Crippen molar-refractivity contribution < 1.29 is 4.79 Å². The van der Waals surface area contributed by atoms with Gasteiger partial charge in [0.2, 0.25) is 5.91 Å². The number of nitrogens with two attached hydrogens (primary N) is 1. The van der Waals surface area contributed by atoms with E-state index in [0.717, 1.165) is 21.7 Å². The lowest BCUT2D eigenvalue weighted by Gasteiger charge is -2.07. The Kier molecular flexibility index (Phi) is 3.54. The van der Waals surface area contributed by atoms with Crippen LogP contribution >= 0.6 is 11.3 Å². The van der Waals surface area contributed by atoms with Gasteiger partial charge in [0.15, 0.2) is 0 Å². The summed E-state index contributed by atoms with van der Waals surface area (Å²) in [6, 6.07) is 13.8. The van der Waals surface area contributed by atoms with Gasteiger partial charge in [-0.2, -0.15) is 0 Å². The molecule has 1 amide bonds. The molecule has 3 nitrogen and oxygen atoms in total. The maximum Gasteiger partial charge on any atom is 0.248 e. The highest BCUT2D eigenvalue weighted by atomic mass is 32.1. The van der Waals surface area contributed by atoms with Crippen LogP contribution < -0.4 is 5.73 Å². The minimum atomic E-state index is -0.429. The quantitative estimate of drug-likeness (QED) is 0.797. The SMILES string of the molecule is Cc1ccc(-c2cc(C(N)=O)cc(-c3nccs3)c2)cc1. The zero-order chi connectivity index (χ0) is 14.8. The summed E-state index contributed by atoms with van der Waals surface area (Å²) in [6.07, 6.45) is 1.75. The highest BCUT2D eigenvalue weighted by molar-refractivity contribution is 7.13. The van der Waals surface area contributed by atoms with Crippen molar-refractivity contribution in [2.24, 2.45) is 5.73 Å². The molecule has 3 rings (SSSR count). The molecule has 0 aliphatic carbocycles. The third-order valence-electron chi connectivity index (χ3n) is 3.28. The van der Waals surface area contributed by atoms with Crippen molar-refractivity contribution in [1.82, 2.24) is 4.98 Å². The zero-order valence-electron chi connectivity index (χ0n) is 11.5. The van der Waals surface area contributed by atoms with Crippen molar-refractivity contribution in [3.8, 4) is 21.7 Å². The number of hydrogen-bond acceptors (Lipinski definition) is 3. The van der Waals surface area contributed by atoms with Crippen molar-refractivity contribution in [3.05, 3.63) is 65.2 Å². The molecule has 2 N–H and O–H groups in total. The third kappa shape index (κ3) is 2.85. The van der Waals surface area contributed by atoms with Gasteiger partial charge in [-0.15, -0.1) is 11.3 Å². The fourth-order valence-corrected chi connectivity index (χ4v) is 2.80. The van der Waals surface area contributed by atoms with Gasteiger partial charge < -0.3 is 5.73 Å². The van der Waals surface area contributed by atoms with E-state index in [9.17, 15) is 4.79 Å². The van der Waals surface area contributed by atoms with E-state index in [4.69, 9.17) is 5.73 Å². The monoisotopic (exact) mass is 294 g/mol. The smallest absolute Gasteiger partial charge is 0.248 e. The molecule has 0 saturated heterocycles. The predicted octanol–water partition coefficient (Wildman–Crippen LogP) is 3.88. The second kappa shape index (κ2) is 5.50. The summed E-state index contributed by atoms with van der Waals surface area (Å²) in [5, 5.41) is 2.80. The first-order chi connectivity index (χ1) is 10.1. The minimum Gasteiger partial charge on any atom is -0.366 e. The lowest BCUT2D eigenvalue weighted by molar-refractivity contribution is 0.100. The molecule has 21 heavy (non-hydrogen) atoms. The number of aromatic nitrogens is 1. The molecule has 0 radical (unpaired) electrons. The molecule has 1 aromatic heterocycles. The van der Waals surface area contributed by atoms with Gasteiger partial charge in [0.1, 0.15) is 5.01 Å². The van der Waals surface area contributed by atoms with E-state index in [-0.39, 0.29) is 0 Å². The first kappa shape index (κ1) is 13.5. The van der Waals surface area contributed by atoms with E-state index in [1.54, 1.807) is 12.3 Å². The Morgan fingerprint density at radius 1 is 1.05 bits per heavy atom. The Morgan fingerprint density at radius 2 is 1.76 bits per heavy atom. The van der Waals surface area contributed by atoms with Gasteiger partial charge in [0, 0.05) is 22.7 Å². The van der Waals surface area contributed by atoms with E-state index < -0.39 is 5.91 Å². The normalized spacial score (nSPS) is 10.5. The Labute approximate surface area is 127 Å². The van der Waals surface area contributed by atoms with Crippen LogP contribution in [0.4, 0.5) is 0 Å². The largest absolute Gasteiger partial charge is 0.366 e. The Bertz CT molecular complexity index is 777. The minimum absolute atomic E-state index is 0.429. The van der Waals surface area contributed by atoms with Crippen LogP contribution in [0.5, 0.6) is 0 Å². The number of nitrogens with zero attached hydrogens (tertiary/aromatic N) is 1. The molecule has 2 aromatic carbocycles. The number of carbonyl (C=O) groups excluding carboxylic acids is 1. The van der Waals surface area contributed by atoms with Crippen LogP contribution in [0, 0.1) is 6.92 Å². The van der Waals surface area contributed by atoms with Gasteiger partial charge in [-0.1, -0.05) is 29.8 Å². The second-order valence-corrected chi connectivity index (χ2v) is 5.76. The summed E-state index contributed by atoms with van der Waals surface area (Å²) in [5.41, 5.74) is 10.1. The molecule has 1 heterocycles. The number of thiazole rings is 1. The summed E-state index contributed by atoms with van der Waals surface area (Å²) in [6.45, 7) is 2.05. The van der Waals surface area contributed by atoms with E-state index in [0.29, 0.717) is 5.56 Å². The summed E-state index contributed by atoms with van der Waals surface area (Å²) in [4.78, 5) is 15.9. The maximum absolute atomic E-state index is 11.6. The van der Waals surface area contributed by atoms with Crippen LogP contribution in [0.1, 0.15) is 15.9 Å². The van der Waals surface area contributed by atoms with Gasteiger partial charge in [0.05, 0.1) is 0 Å². The van der Waals surface area contributed by atoms with Crippen molar-refractivity contribution in [2.75, 3.05) is 0 Å². The molecule has 4 heteroatoms. The number of hydrogen-bond donors (Lipinski definition) is 1. The molecule has 0 aliphatic heterocycles. The summed E-state index contributed by atoms with van der Waals surface area (Å²) >= 11 is 1.54. The van der Waals surface area contributed by atoms with Gasteiger partial charge in [-0.3, -0.25) is 4.79 Å². The van der Waals surface area contributed by atoms with Crippen LogP contribution in [0.2, 0.25) is 0 Å². The number of rotatable bonds is 3. The van der Waals surface area contributed by atoms with E-state index in [1.165, 1.54) is 16.9 Å². The van der Waals surface area contributed by atoms with Crippen LogP contribution in [-0.2, 0) is 0 Å². The van der Waals surface area contributed by atoms with Crippen molar-refractivity contribution in [1.29, 1.82) is 0 Å². The van der Waals surface area contributed by atoms with E-state index in [2.05, 4.69) is 17.1 Å². The van der Waals surface area contributed by atoms with Gasteiger partial charge in [0.25, 0.3) is 0 Å². The first-order valence-corrected chi connectivity index (χ1v) is 7.43. The molecular formula is C17H14N2OS. The van der Waals surface area contributed by atoms with E-state index in [1.807, 2.05) is 36.6 Å². The molecule has 0 bridgehead atoms. The number of aryl methyl sites for hydroxylation is 1. The molecular weight excluding hydrogens is 280 g/mol. The third-order valence-corrected chi connectivity index (χ3v) is 4.10. The fourth-order valence-electron chi connectivity index (χ4n) is 2.17. The van der Waals surface area contributed by atoms with Crippen LogP contribution in [0.25, 0.3) is 21.7 Å². The molecule has 3 aromatic rings. The average Bonchev–Trinajstić information content (AvgIpc) is 3.02. The zero-order valence-corrected chi connectivity index (χ0v) is 12.4. The molecule has 0 fully saturated rings. The van der Waals surface area contributed by atoms with Crippen molar-refractivity contribution in [3.63, 3.8) is 0 Å². The number of carbonyl (C=O) groups is 1. The molecule has 0 spiro atoms. The van der Waals surface area contributed by atoms with Gasteiger partial charge >= 0.3 is 0 Å². The summed E-state index contributed by atoms with van der Waals surface area (Å²) in [7, 11) is 0. The van der Waals surface area contributed by atoms with Crippen molar-refractivity contribution >= 4 is 17.2 Å². The highest BCUT2D eigenvalue weighted by Crippen LogP contribution is 2.29. The standard InChI is InChI=1S/C17H14N2OS/c1-11-2-4-12(5-3-11)13-8-14(16(18)20)10-15(9-13)17-19-6-7-21-17/h2-10H,1H3,(H2,18,20). The Morgan fingerprint density at radius 3 is 2.38 bits per heavy atom. The first-order valence-electron chi connectivity index (χ1n) is 6.55. The molecule has 0 saturated carbocycles. The molecule has 104 valence electrons. The van der Waals surface area contributed by atoms with Crippen LogP contribution in [-0.4, -0.2) is 10.9 Å². The topological polar surface area (TPSA) is 56.0 Å². The van der Waals surface area contributed by atoms with E-state index >= 15 is 0 Å². The summed E-state index contributed by atoms with van der Waals surface area (Å²) in [5.74, 6) is -0.429. The van der Waals surface area contributed by atoms with Gasteiger partial charge in [-0.05, 0) is 36.2 Å². The number of benzene rings is 2.